The van der Waals surface area contributed by atoms with Crippen LogP contribution in [0.25, 0.3) is 0 Å². The lowest BCUT2D eigenvalue weighted by atomic mass is 9.80. The van der Waals surface area contributed by atoms with Crippen molar-refractivity contribution in [1.82, 2.24) is 4.90 Å². The lowest BCUT2D eigenvalue weighted by Gasteiger charge is -2.35. The topological polar surface area (TPSA) is 85.3 Å². The highest BCUT2D eigenvalue weighted by molar-refractivity contribution is 5.91. The Kier molecular flexibility index (Phi) is 9.68. The van der Waals surface area contributed by atoms with Gasteiger partial charge in [0.05, 0.1) is 24.8 Å². The minimum atomic E-state index is -0.927. The monoisotopic (exact) mass is 591 g/mol. The first kappa shape index (κ1) is 31.9. The molecule has 0 saturated heterocycles. The molecule has 230 valence electrons. The molecule has 0 saturated carbocycles. The molecule has 1 heterocycles. The Labute approximate surface area is 253 Å². The van der Waals surface area contributed by atoms with Gasteiger partial charge in [0.2, 0.25) is 0 Å². The molecule has 1 N–H and O–H groups in total. The minimum Gasteiger partial charge on any atom is -0.494 e. The molecule has 3 aromatic carbocycles. The Bertz CT molecular complexity index is 1480. The number of hydrogen-bond donors (Lipinski definition) is 1. The minimum absolute atomic E-state index is 0.0267. The van der Waals surface area contributed by atoms with E-state index in [1.165, 1.54) is 13.2 Å². The quantitative estimate of drug-likeness (QED) is 0.270. The summed E-state index contributed by atoms with van der Waals surface area (Å²) < 4.78 is 31.5. The Morgan fingerprint density at radius 3 is 2.49 bits per heavy atom. The summed E-state index contributed by atoms with van der Waals surface area (Å²) in [6, 6.07) is 16.0. The lowest BCUT2D eigenvalue weighted by molar-refractivity contribution is 0.0160. The van der Waals surface area contributed by atoms with E-state index >= 15 is 0 Å². The third-order valence-electron chi connectivity index (χ3n) is 8.07. The van der Waals surface area contributed by atoms with Crippen molar-refractivity contribution in [3.8, 4) is 11.5 Å². The standard InChI is InChI=1S/C35H42FNO6/c1-21-14-16-26(22(2)32(21)33(38)39)28-20-25(42-30-13-9-8-12-27(28)30)11-10-18-37(34(40)43-35(4,5)6)23(3)24-15-17-29(36)31(19-24)41-7/h8-9,12-17,19,23,25,28H,10-11,18,20H2,1-7H3,(H,38,39). The lowest BCUT2D eigenvalue weighted by Crippen LogP contribution is -2.39. The fourth-order valence-corrected chi connectivity index (χ4v) is 5.90. The van der Waals surface area contributed by atoms with Gasteiger partial charge in [-0.3, -0.25) is 0 Å². The molecular weight excluding hydrogens is 549 g/mol. The molecule has 1 aliphatic rings. The fourth-order valence-electron chi connectivity index (χ4n) is 5.90. The van der Waals surface area contributed by atoms with Gasteiger partial charge in [0.25, 0.3) is 0 Å². The van der Waals surface area contributed by atoms with Gasteiger partial charge in [-0.15, -0.1) is 0 Å². The van der Waals surface area contributed by atoms with E-state index in [2.05, 4.69) is 0 Å². The number of rotatable bonds is 9. The average Bonchev–Trinajstić information content (AvgIpc) is 2.94. The molecule has 0 aliphatic carbocycles. The number of aryl methyl sites for hydroxylation is 1. The maximum absolute atomic E-state index is 14.1. The first-order chi connectivity index (χ1) is 20.3. The maximum Gasteiger partial charge on any atom is 0.410 e. The summed E-state index contributed by atoms with van der Waals surface area (Å²) in [7, 11) is 1.41. The Morgan fingerprint density at radius 2 is 1.81 bits per heavy atom. The number of methoxy groups -OCH3 is 1. The zero-order chi connectivity index (χ0) is 31.5. The van der Waals surface area contributed by atoms with E-state index in [9.17, 15) is 19.1 Å². The number of carbonyl (C=O) groups is 2. The summed E-state index contributed by atoms with van der Waals surface area (Å²) in [6.07, 6.45) is 1.38. The van der Waals surface area contributed by atoms with Crippen LogP contribution in [-0.2, 0) is 4.74 Å². The second-order valence-electron chi connectivity index (χ2n) is 12.2. The highest BCUT2D eigenvalue weighted by Gasteiger charge is 2.32. The molecule has 1 aliphatic heterocycles. The normalized spacial score (nSPS) is 16.9. The van der Waals surface area contributed by atoms with E-state index in [0.29, 0.717) is 31.4 Å². The molecule has 3 atom stereocenters. The van der Waals surface area contributed by atoms with Crippen molar-refractivity contribution in [2.24, 2.45) is 0 Å². The van der Waals surface area contributed by atoms with Crippen molar-refractivity contribution in [2.45, 2.75) is 84.5 Å². The highest BCUT2D eigenvalue weighted by atomic mass is 19.1. The number of hydrogen-bond acceptors (Lipinski definition) is 5. The van der Waals surface area contributed by atoms with E-state index in [0.717, 1.165) is 33.6 Å². The molecule has 4 rings (SSSR count). The number of aromatic carboxylic acids is 1. The van der Waals surface area contributed by atoms with Gasteiger partial charge in [-0.25, -0.2) is 14.0 Å². The third kappa shape index (κ3) is 7.29. The number of ether oxygens (including phenoxy) is 3. The number of amides is 1. The molecule has 0 bridgehead atoms. The fraction of sp³-hybridized carbons (Fsp3) is 0.429. The number of benzene rings is 3. The van der Waals surface area contributed by atoms with Gasteiger partial charge in [0.1, 0.15) is 11.4 Å². The summed E-state index contributed by atoms with van der Waals surface area (Å²) in [5, 5.41) is 9.88. The molecule has 8 heteroatoms. The van der Waals surface area contributed by atoms with Crippen molar-refractivity contribution >= 4 is 12.1 Å². The van der Waals surface area contributed by atoms with Crippen LogP contribution in [0.1, 0.15) is 97.1 Å². The summed E-state index contributed by atoms with van der Waals surface area (Å²) in [6.45, 7) is 11.5. The molecule has 0 radical (unpaired) electrons. The third-order valence-corrected chi connectivity index (χ3v) is 8.07. The number of carboxylic acids is 1. The molecule has 0 aromatic heterocycles. The Morgan fingerprint density at radius 1 is 1.09 bits per heavy atom. The predicted molar refractivity (Wildman–Crippen MR) is 164 cm³/mol. The molecule has 3 aromatic rings. The zero-order valence-corrected chi connectivity index (χ0v) is 26.1. The second kappa shape index (κ2) is 13.1. The van der Waals surface area contributed by atoms with Crippen molar-refractivity contribution in [3.05, 3.63) is 93.8 Å². The number of carboxylic acid groups (broad SMARTS) is 1. The Balaban J connectivity index is 1.56. The first-order valence-corrected chi connectivity index (χ1v) is 14.7. The molecule has 0 fully saturated rings. The molecular formula is C35H42FNO6. The molecule has 0 spiro atoms. The largest absolute Gasteiger partial charge is 0.494 e. The average molecular weight is 592 g/mol. The maximum atomic E-state index is 14.1. The smallest absolute Gasteiger partial charge is 0.410 e. The van der Waals surface area contributed by atoms with E-state index < -0.39 is 29.5 Å². The van der Waals surface area contributed by atoms with Gasteiger partial charge >= 0.3 is 12.1 Å². The van der Waals surface area contributed by atoms with Crippen molar-refractivity contribution in [3.63, 3.8) is 0 Å². The van der Waals surface area contributed by atoms with Crippen LogP contribution < -0.4 is 9.47 Å². The summed E-state index contributed by atoms with van der Waals surface area (Å²) in [4.78, 5) is 27.1. The molecule has 1 amide bonds. The van der Waals surface area contributed by atoms with Gasteiger partial charge in [-0.05, 0) is 101 Å². The first-order valence-electron chi connectivity index (χ1n) is 14.7. The van der Waals surface area contributed by atoms with Crippen LogP contribution in [-0.4, -0.2) is 47.4 Å². The molecule has 3 unspecified atom stereocenters. The highest BCUT2D eigenvalue weighted by Crippen LogP contribution is 2.43. The van der Waals surface area contributed by atoms with Crippen molar-refractivity contribution < 1.29 is 33.3 Å². The van der Waals surface area contributed by atoms with E-state index in [1.807, 2.05) is 77.9 Å². The van der Waals surface area contributed by atoms with Crippen LogP contribution >= 0.6 is 0 Å². The number of halogens is 1. The van der Waals surface area contributed by atoms with Crippen LogP contribution in [0, 0.1) is 19.7 Å². The van der Waals surface area contributed by atoms with Crippen LogP contribution in [0.15, 0.2) is 54.6 Å². The number of fused-ring (bicyclic) bond motifs is 1. The van der Waals surface area contributed by atoms with Crippen LogP contribution in [0.3, 0.4) is 0 Å². The summed E-state index contributed by atoms with van der Waals surface area (Å²) >= 11 is 0. The predicted octanol–water partition coefficient (Wildman–Crippen LogP) is 8.21. The zero-order valence-electron chi connectivity index (χ0n) is 26.1. The van der Waals surface area contributed by atoms with Gasteiger partial charge in [0.15, 0.2) is 11.6 Å². The summed E-state index contributed by atoms with van der Waals surface area (Å²) in [5.74, 6) is -0.515. The number of nitrogens with zero attached hydrogens (tertiary/aromatic N) is 1. The van der Waals surface area contributed by atoms with Crippen LogP contribution in [0.4, 0.5) is 9.18 Å². The van der Waals surface area contributed by atoms with Crippen molar-refractivity contribution in [1.29, 1.82) is 0 Å². The van der Waals surface area contributed by atoms with E-state index in [4.69, 9.17) is 14.2 Å². The molecule has 43 heavy (non-hydrogen) atoms. The van der Waals surface area contributed by atoms with Gasteiger partial charge in [-0.2, -0.15) is 0 Å². The van der Waals surface area contributed by atoms with E-state index in [-0.39, 0.29) is 17.8 Å². The van der Waals surface area contributed by atoms with Crippen LogP contribution in [0.5, 0.6) is 11.5 Å². The Hall–Kier alpha value is -4.07. The number of para-hydroxylation sites is 1. The van der Waals surface area contributed by atoms with Crippen LogP contribution in [0.2, 0.25) is 0 Å². The van der Waals surface area contributed by atoms with Crippen molar-refractivity contribution in [2.75, 3.05) is 13.7 Å². The van der Waals surface area contributed by atoms with E-state index in [1.54, 1.807) is 17.0 Å². The van der Waals surface area contributed by atoms with Gasteiger partial charge in [-0.1, -0.05) is 36.4 Å². The second-order valence-corrected chi connectivity index (χ2v) is 12.2. The van der Waals surface area contributed by atoms with Gasteiger partial charge < -0.3 is 24.2 Å². The number of carbonyl (C=O) groups excluding carboxylic acids is 1. The summed E-state index contributed by atoms with van der Waals surface area (Å²) in [5.41, 5.74) is 3.93. The molecule has 7 nitrogen and oxygen atoms in total. The van der Waals surface area contributed by atoms with Gasteiger partial charge in [0, 0.05) is 18.0 Å². The SMILES string of the molecule is COc1cc(C(C)N(CCCC2CC(c3ccc(C)c(C(=O)O)c3C)c3ccccc3O2)C(=O)OC(C)(C)C)ccc1F.